The molecule has 0 bridgehead atoms. The van der Waals surface area contributed by atoms with Crippen molar-refractivity contribution in [3.63, 3.8) is 0 Å². The van der Waals surface area contributed by atoms with Gasteiger partial charge in [-0.3, -0.25) is 4.79 Å². The zero-order valence-corrected chi connectivity index (χ0v) is 15.8. The van der Waals surface area contributed by atoms with Gasteiger partial charge in [-0.1, -0.05) is 12.1 Å². The lowest BCUT2D eigenvalue weighted by atomic mass is 10.1. The number of anilines is 1. The minimum absolute atomic E-state index is 0.0530. The molecule has 0 saturated heterocycles. The predicted molar refractivity (Wildman–Crippen MR) is 98.1 cm³/mol. The van der Waals surface area contributed by atoms with E-state index in [1.807, 2.05) is 0 Å². The van der Waals surface area contributed by atoms with Crippen LogP contribution in [0.15, 0.2) is 40.9 Å². The van der Waals surface area contributed by atoms with E-state index in [0.29, 0.717) is 46.0 Å². The highest BCUT2D eigenvalue weighted by Crippen LogP contribution is 2.38. The molecule has 25 heavy (non-hydrogen) atoms. The Kier molecular flexibility index (Phi) is 5.01. The summed E-state index contributed by atoms with van der Waals surface area (Å²) in [6.07, 6.45) is 1.17. The maximum absolute atomic E-state index is 12.4. The van der Waals surface area contributed by atoms with Crippen molar-refractivity contribution in [2.24, 2.45) is 0 Å². The Hall–Kier alpha value is -2.06. The normalized spacial score (nSPS) is 13.4. The summed E-state index contributed by atoms with van der Waals surface area (Å²) < 4.78 is 34.3. The monoisotopic (exact) mass is 425 g/mol. The second kappa shape index (κ2) is 7.05. The summed E-state index contributed by atoms with van der Waals surface area (Å²) in [5.74, 6) is 0.848. The lowest BCUT2D eigenvalue weighted by molar-refractivity contribution is 0.102. The number of sulfone groups is 1. The number of amides is 1. The minimum Gasteiger partial charge on any atom is -0.486 e. The third-order valence-electron chi connectivity index (χ3n) is 3.53. The summed E-state index contributed by atoms with van der Waals surface area (Å²) >= 11 is 3.40. The van der Waals surface area contributed by atoms with Crippen LogP contribution in [0.25, 0.3) is 0 Å². The van der Waals surface area contributed by atoms with Crippen LogP contribution in [0.5, 0.6) is 11.5 Å². The molecular weight excluding hydrogens is 410 g/mol. The summed E-state index contributed by atoms with van der Waals surface area (Å²) in [5.41, 5.74) is 1.63. The fraction of sp³-hybridized carbons (Fsp3) is 0.235. The van der Waals surface area contributed by atoms with Crippen LogP contribution in [0.4, 0.5) is 5.69 Å². The second-order valence-electron chi connectivity index (χ2n) is 5.70. The summed E-state index contributed by atoms with van der Waals surface area (Å²) in [7, 11) is -3.11. The number of hydrogen-bond donors (Lipinski definition) is 1. The highest BCUT2D eigenvalue weighted by Gasteiger charge is 2.17. The lowest BCUT2D eigenvalue weighted by Crippen LogP contribution is -2.17. The quantitative estimate of drug-likeness (QED) is 0.813. The van der Waals surface area contributed by atoms with Crippen molar-refractivity contribution in [3.05, 3.63) is 52.0 Å². The third kappa shape index (κ3) is 4.52. The molecule has 1 heterocycles. The summed E-state index contributed by atoms with van der Waals surface area (Å²) in [5, 5.41) is 2.80. The number of fused-ring (bicyclic) bond motifs is 1. The molecule has 2 aromatic carbocycles. The predicted octanol–water partition coefficient (Wildman–Crippen LogP) is 3.02. The molecule has 0 unspecified atom stereocenters. The molecule has 0 fully saturated rings. The molecule has 0 aromatic heterocycles. The van der Waals surface area contributed by atoms with Gasteiger partial charge in [0.05, 0.1) is 11.4 Å². The Balaban J connectivity index is 1.76. The number of carbonyl (C=O) groups is 1. The van der Waals surface area contributed by atoms with Gasteiger partial charge in [0.1, 0.15) is 13.2 Å². The van der Waals surface area contributed by atoms with Crippen molar-refractivity contribution in [3.8, 4) is 11.5 Å². The molecule has 6 nitrogen and oxygen atoms in total. The highest BCUT2D eigenvalue weighted by molar-refractivity contribution is 9.10. The molecule has 1 amide bonds. The fourth-order valence-electron chi connectivity index (χ4n) is 2.41. The SMILES string of the molecule is CS(=O)(=O)Cc1ccc(C(=O)Nc2cc3c(cc2Br)OCCO3)cc1. The van der Waals surface area contributed by atoms with Crippen LogP contribution in [0.2, 0.25) is 0 Å². The van der Waals surface area contributed by atoms with Crippen LogP contribution in [0.1, 0.15) is 15.9 Å². The van der Waals surface area contributed by atoms with E-state index in [1.54, 1.807) is 36.4 Å². The Labute approximate surface area is 154 Å². The van der Waals surface area contributed by atoms with Crippen molar-refractivity contribution in [2.75, 3.05) is 24.8 Å². The molecule has 0 atom stereocenters. The number of hydrogen-bond acceptors (Lipinski definition) is 5. The lowest BCUT2D eigenvalue weighted by Gasteiger charge is -2.20. The molecule has 132 valence electrons. The van der Waals surface area contributed by atoms with Gasteiger partial charge in [-0.05, 0) is 33.6 Å². The maximum atomic E-state index is 12.4. The molecule has 1 N–H and O–H groups in total. The smallest absolute Gasteiger partial charge is 0.255 e. The molecule has 0 spiro atoms. The first-order chi connectivity index (χ1) is 11.8. The van der Waals surface area contributed by atoms with Gasteiger partial charge in [0.2, 0.25) is 0 Å². The average molecular weight is 426 g/mol. The van der Waals surface area contributed by atoms with Crippen LogP contribution in [-0.2, 0) is 15.6 Å². The molecule has 1 aliphatic heterocycles. The van der Waals surface area contributed by atoms with Crippen LogP contribution < -0.4 is 14.8 Å². The number of benzene rings is 2. The van der Waals surface area contributed by atoms with E-state index < -0.39 is 9.84 Å². The molecular formula is C17H16BrNO5S. The van der Waals surface area contributed by atoms with Gasteiger partial charge in [0.25, 0.3) is 5.91 Å². The Morgan fingerprint density at radius 3 is 2.32 bits per heavy atom. The van der Waals surface area contributed by atoms with Gasteiger partial charge in [-0.15, -0.1) is 0 Å². The van der Waals surface area contributed by atoms with E-state index in [4.69, 9.17) is 9.47 Å². The Bertz CT molecular complexity index is 909. The largest absolute Gasteiger partial charge is 0.486 e. The molecule has 0 radical (unpaired) electrons. The van der Waals surface area contributed by atoms with Gasteiger partial charge in [0, 0.05) is 28.4 Å². The fourth-order valence-corrected chi connectivity index (χ4v) is 3.63. The zero-order chi connectivity index (χ0) is 18.0. The maximum Gasteiger partial charge on any atom is 0.255 e. The van der Waals surface area contributed by atoms with Crippen LogP contribution in [0, 0.1) is 0 Å². The summed E-state index contributed by atoms with van der Waals surface area (Å²) in [6.45, 7) is 0.953. The average Bonchev–Trinajstić information content (AvgIpc) is 2.54. The van der Waals surface area contributed by atoms with Crippen molar-refractivity contribution in [1.82, 2.24) is 0 Å². The Morgan fingerprint density at radius 1 is 1.12 bits per heavy atom. The van der Waals surface area contributed by atoms with Crippen LogP contribution in [-0.4, -0.2) is 33.8 Å². The van der Waals surface area contributed by atoms with Crippen LogP contribution in [0.3, 0.4) is 0 Å². The minimum atomic E-state index is -3.11. The first-order valence-corrected chi connectivity index (χ1v) is 10.3. The van der Waals surface area contributed by atoms with Gasteiger partial charge >= 0.3 is 0 Å². The van der Waals surface area contributed by atoms with E-state index in [0.717, 1.165) is 0 Å². The van der Waals surface area contributed by atoms with Gasteiger partial charge in [0.15, 0.2) is 21.3 Å². The van der Waals surface area contributed by atoms with Crippen LogP contribution >= 0.6 is 15.9 Å². The number of ether oxygens (including phenoxy) is 2. The topological polar surface area (TPSA) is 81.7 Å². The van der Waals surface area contributed by atoms with E-state index in [1.165, 1.54) is 6.26 Å². The van der Waals surface area contributed by atoms with Crippen molar-refractivity contribution >= 4 is 37.4 Å². The first kappa shape index (κ1) is 17.8. The van der Waals surface area contributed by atoms with Gasteiger partial charge in [-0.2, -0.15) is 0 Å². The molecule has 0 aliphatic carbocycles. The number of carbonyl (C=O) groups excluding carboxylic acids is 1. The van der Waals surface area contributed by atoms with E-state index in [2.05, 4.69) is 21.2 Å². The number of nitrogens with one attached hydrogen (secondary N) is 1. The highest BCUT2D eigenvalue weighted by atomic mass is 79.9. The van der Waals surface area contributed by atoms with Crippen molar-refractivity contribution < 1.29 is 22.7 Å². The van der Waals surface area contributed by atoms with E-state index >= 15 is 0 Å². The van der Waals surface area contributed by atoms with Gasteiger partial charge < -0.3 is 14.8 Å². The molecule has 3 rings (SSSR count). The van der Waals surface area contributed by atoms with Gasteiger partial charge in [-0.25, -0.2) is 8.42 Å². The third-order valence-corrected chi connectivity index (χ3v) is 5.04. The van der Waals surface area contributed by atoms with Crippen molar-refractivity contribution in [1.29, 1.82) is 0 Å². The summed E-state index contributed by atoms with van der Waals surface area (Å²) in [6, 6.07) is 9.92. The molecule has 0 saturated carbocycles. The Morgan fingerprint density at radius 2 is 1.72 bits per heavy atom. The molecule has 8 heteroatoms. The standard InChI is InChI=1S/C17H16BrNO5S/c1-25(21,22)10-11-2-4-12(5-3-11)17(20)19-14-9-16-15(8-13(14)18)23-6-7-24-16/h2-5,8-9H,6-7,10H2,1H3,(H,19,20). The van der Waals surface area contributed by atoms with Crippen molar-refractivity contribution in [2.45, 2.75) is 5.75 Å². The molecule has 1 aliphatic rings. The van der Waals surface area contributed by atoms with E-state index in [9.17, 15) is 13.2 Å². The zero-order valence-electron chi connectivity index (χ0n) is 13.4. The number of rotatable bonds is 4. The number of halogens is 1. The second-order valence-corrected chi connectivity index (χ2v) is 8.69. The molecule has 2 aromatic rings. The van der Waals surface area contributed by atoms with E-state index in [-0.39, 0.29) is 11.7 Å². The summed E-state index contributed by atoms with van der Waals surface area (Å²) in [4.78, 5) is 12.4. The first-order valence-electron chi connectivity index (χ1n) is 7.49.